The van der Waals surface area contributed by atoms with Crippen LogP contribution < -0.4 is 0 Å². The Morgan fingerprint density at radius 1 is 1.67 bits per heavy atom. The largest absolute Gasteiger partial charge is 0.499 e. The molecule has 9 heavy (non-hydrogen) atoms. The second-order valence-corrected chi connectivity index (χ2v) is 1.64. The van der Waals surface area contributed by atoms with Crippen molar-refractivity contribution in [3.8, 4) is 0 Å². The second-order valence-electron chi connectivity index (χ2n) is 1.64. The number of allylic oxidation sites excluding steroid dienone is 1. The Balaban J connectivity index is 3.06. The summed E-state index contributed by atoms with van der Waals surface area (Å²) in [4.78, 5) is 0. The van der Waals surface area contributed by atoms with Crippen molar-refractivity contribution >= 4 is 0 Å². The third-order valence-corrected chi connectivity index (χ3v) is 0.732. The van der Waals surface area contributed by atoms with Crippen LogP contribution in [0.2, 0.25) is 0 Å². The van der Waals surface area contributed by atoms with Crippen LogP contribution in [0.3, 0.4) is 0 Å². The van der Waals surface area contributed by atoms with Gasteiger partial charge in [0.1, 0.15) is 12.7 Å². The highest BCUT2D eigenvalue weighted by molar-refractivity contribution is 4.66. The zero-order valence-electron chi connectivity index (χ0n) is 5.45. The summed E-state index contributed by atoms with van der Waals surface area (Å²) in [5.74, 6) is 0. The lowest BCUT2D eigenvalue weighted by Crippen LogP contribution is -2.17. The second kappa shape index (κ2) is 5.59. The topological polar surface area (TPSA) is 49.7 Å². The van der Waals surface area contributed by atoms with E-state index in [4.69, 9.17) is 14.9 Å². The van der Waals surface area contributed by atoms with Crippen LogP contribution in [0.15, 0.2) is 12.3 Å². The zero-order valence-corrected chi connectivity index (χ0v) is 5.45. The normalized spacial score (nSPS) is 14.1. The molecule has 0 rings (SSSR count). The molecule has 0 aromatic rings. The fourth-order valence-electron chi connectivity index (χ4n) is 0.316. The average Bonchev–Trinajstić information content (AvgIpc) is 1.89. The third kappa shape index (κ3) is 5.33. The number of aliphatic hydroxyl groups excluding tert-OH is 2. The van der Waals surface area contributed by atoms with Gasteiger partial charge in [-0.15, -0.1) is 0 Å². The Hall–Kier alpha value is -0.540. The number of hydrogen-bond acceptors (Lipinski definition) is 3. The van der Waals surface area contributed by atoms with Gasteiger partial charge < -0.3 is 14.9 Å². The van der Waals surface area contributed by atoms with E-state index in [9.17, 15) is 0 Å². The van der Waals surface area contributed by atoms with Crippen LogP contribution in [0, 0.1) is 0 Å². The van der Waals surface area contributed by atoms with Crippen molar-refractivity contribution in [2.45, 2.75) is 13.0 Å². The van der Waals surface area contributed by atoms with Crippen molar-refractivity contribution in [2.24, 2.45) is 0 Å². The Kier molecular flexibility index (Phi) is 5.26. The average molecular weight is 132 g/mol. The fourth-order valence-corrected chi connectivity index (χ4v) is 0.316. The maximum atomic E-state index is 8.68. The van der Waals surface area contributed by atoms with Gasteiger partial charge in [0, 0.05) is 0 Å². The van der Waals surface area contributed by atoms with Crippen molar-refractivity contribution in [1.82, 2.24) is 0 Å². The quantitative estimate of drug-likeness (QED) is 0.525. The van der Waals surface area contributed by atoms with Crippen molar-refractivity contribution in [2.75, 3.05) is 13.2 Å². The summed E-state index contributed by atoms with van der Waals surface area (Å²) < 4.78 is 4.74. The van der Waals surface area contributed by atoms with Gasteiger partial charge in [-0.25, -0.2) is 0 Å². The first kappa shape index (κ1) is 8.46. The van der Waals surface area contributed by atoms with Crippen LogP contribution in [0.4, 0.5) is 0 Å². The van der Waals surface area contributed by atoms with Gasteiger partial charge >= 0.3 is 0 Å². The van der Waals surface area contributed by atoms with E-state index in [0.29, 0.717) is 0 Å². The molecule has 0 radical (unpaired) electrons. The monoisotopic (exact) mass is 132 g/mol. The van der Waals surface area contributed by atoms with E-state index in [1.807, 2.05) is 6.92 Å². The van der Waals surface area contributed by atoms with Crippen LogP contribution in [0.5, 0.6) is 0 Å². The lowest BCUT2D eigenvalue weighted by atomic mass is 10.4. The lowest BCUT2D eigenvalue weighted by Gasteiger charge is -2.04. The van der Waals surface area contributed by atoms with E-state index in [-0.39, 0.29) is 13.2 Å². The van der Waals surface area contributed by atoms with Gasteiger partial charge in [-0.2, -0.15) is 0 Å². The SMILES string of the molecule is C/C=C/OC[C@H](O)CO. The first-order chi connectivity index (χ1) is 4.31. The molecule has 0 aliphatic carbocycles. The van der Waals surface area contributed by atoms with Gasteiger partial charge in [-0.1, -0.05) is 6.08 Å². The third-order valence-electron chi connectivity index (χ3n) is 0.732. The summed E-state index contributed by atoms with van der Waals surface area (Å²) in [6, 6.07) is 0. The Bertz CT molecular complexity index is 80.4. The first-order valence-electron chi connectivity index (χ1n) is 2.83. The minimum absolute atomic E-state index is 0.154. The van der Waals surface area contributed by atoms with E-state index in [1.54, 1.807) is 6.08 Å². The van der Waals surface area contributed by atoms with Crippen molar-refractivity contribution in [1.29, 1.82) is 0 Å². The molecule has 0 unspecified atom stereocenters. The molecule has 0 aromatic carbocycles. The molecular weight excluding hydrogens is 120 g/mol. The van der Waals surface area contributed by atoms with Crippen LogP contribution in [-0.2, 0) is 4.74 Å². The maximum absolute atomic E-state index is 8.68. The lowest BCUT2D eigenvalue weighted by molar-refractivity contribution is 0.0384. The molecule has 0 aliphatic heterocycles. The van der Waals surface area contributed by atoms with Gasteiger partial charge in [0.05, 0.1) is 12.9 Å². The summed E-state index contributed by atoms with van der Waals surface area (Å²) in [7, 11) is 0. The Morgan fingerprint density at radius 2 is 2.33 bits per heavy atom. The molecule has 0 heterocycles. The van der Waals surface area contributed by atoms with Crippen LogP contribution in [-0.4, -0.2) is 29.5 Å². The van der Waals surface area contributed by atoms with E-state index < -0.39 is 6.10 Å². The number of aliphatic hydroxyl groups is 2. The fraction of sp³-hybridized carbons (Fsp3) is 0.667. The highest BCUT2D eigenvalue weighted by Gasteiger charge is 1.98. The van der Waals surface area contributed by atoms with Gasteiger partial charge in [0.2, 0.25) is 0 Å². The van der Waals surface area contributed by atoms with Crippen molar-refractivity contribution in [3.63, 3.8) is 0 Å². The molecule has 3 heteroatoms. The molecule has 3 nitrogen and oxygen atoms in total. The first-order valence-corrected chi connectivity index (χ1v) is 2.83. The minimum atomic E-state index is -0.763. The van der Waals surface area contributed by atoms with Gasteiger partial charge in [0.25, 0.3) is 0 Å². The number of hydrogen-bond donors (Lipinski definition) is 2. The predicted octanol–water partition coefficient (Wildman–Crippen LogP) is -0.110. The number of ether oxygens (including phenoxy) is 1. The highest BCUT2D eigenvalue weighted by atomic mass is 16.5. The Morgan fingerprint density at radius 3 is 2.78 bits per heavy atom. The zero-order chi connectivity index (χ0) is 7.11. The summed E-state index contributed by atoms with van der Waals surface area (Å²) in [6.07, 6.45) is 2.42. The maximum Gasteiger partial charge on any atom is 0.115 e. The minimum Gasteiger partial charge on any atom is -0.499 e. The van der Waals surface area contributed by atoms with E-state index in [1.165, 1.54) is 6.26 Å². The van der Waals surface area contributed by atoms with Gasteiger partial charge in [-0.3, -0.25) is 0 Å². The highest BCUT2D eigenvalue weighted by Crippen LogP contribution is 1.83. The van der Waals surface area contributed by atoms with Gasteiger partial charge in [0.15, 0.2) is 0 Å². The predicted molar refractivity (Wildman–Crippen MR) is 33.9 cm³/mol. The molecule has 0 amide bonds. The van der Waals surface area contributed by atoms with Gasteiger partial charge in [-0.05, 0) is 6.92 Å². The van der Waals surface area contributed by atoms with Crippen LogP contribution in [0.25, 0.3) is 0 Å². The Labute approximate surface area is 54.6 Å². The molecule has 0 bridgehead atoms. The summed E-state index contributed by atoms with van der Waals surface area (Å²) in [5.41, 5.74) is 0. The smallest absolute Gasteiger partial charge is 0.115 e. The molecule has 54 valence electrons. The van der Waals surface area contributed by atoms with E-state index >= 15 is 0 Å². The molecule has 0 fully saturated rings. The molecule has 1 atom stereocenters. The molecule has 0 saturated heterocycles. The standard InChI is InChI=1S/C6H12O3/c1-2-3-9-5-6(8)4-7/h2-3,6-8H,4-5H2,1H3/b3-2+/t6-/m1/s1. The molecule has 0 saturated carbocycles. The summed E-state index contributed by atoms with van der Waals surface area (Å²) in [5, 5.41) is 17.0. The van der Waals surface area contributed by atoms with E-state index in [2.05, 4.69) is 0 Å². The summed E-state index contributed by atoms with van der Waals surface area (Å²) >= 11 is 0. The molecule has 0 spiro atoms. The van der Waals surface area contributed by atoms with Crippen LogP contribution in [0.1, 0.15) is 6.92 Å². The molecule has 0 aliphatic rings. The van der Waals surface area contributed by atoms with Crippen LogP contribution >= 0.6 is 0 Å². The molecular formula is C6H12O3. The van der Waals surface area contributed by atoms with E-state index in [0.717, 1.165) is 0 Å². The molecule has 2 N–H and O–H groups in total. The van der Waals surface area contributed by atoms with Crippen molar-refractivity contribution < 1.29 is 14.9 Å². The summed E-state index contributed by atoms with van der Waals surface area (Å²) in [6.45, 7) is 1.71. The molecule has 0 aromatic heterocycles. The van der Waals surface area contributed by atoms with Crippen molar-refractivity contribution in [3.05, 3.63) is 12.3 Å². The number of rotatable bonds is 4.